The Balaban J connectivity index is 0. The smallest absolute Gasteiger partial charge is 0.748 e. The van der Waals surface area contributed by atoms with Gasteiger partial charge in [-0.25, -0.2) is 8.42 Å². The van der Waals surface area contributed by atoms with Crippen LogP contribution in [0.2, 0.25) is 0 Å². The Hall–Kier alpha value is 1.51. The van der Waals surface area contributed by atoms with E-state index in [1.54, 1.807) is 0 Å². The van der Waals surface area contributed by atoms with E-state index in [1.165, 1.54) is 32.1 Å². The van der Waals surface area contributed by atoms with Gasteiger partial charge in [0.05, 0.1) is 11.4 Å². The van der Waals surface area contributed by atoms with E-state index in [9.17, 15) is 18.1 Å². The van der Waals surface area contributed by atoms with Crippen molar-refractivity contribution in [3.05, 3.63) is 0 Å². The number of unbranched alkanes of at least 4 members (excludes halogenated alkanes) is 8. The summed E-state index contributed by atoms with van der Waals surface area (Å²) >= 11 is 0. The van der Waals surface area contributed by atoms with Gasteiger partial charge in [-0.2, -0.15) is 0 Å². The predicted molar refractivity (Wildman–Crippen MR) is 86.2 cm³/mol. The van der Waals surface area contributed by atoms with Crippen LogP contribution in [0.15, 0.2) is 0 Å². The molecule has 2 atom stereocenters. The van der Waals surface area contributed by atoms with Crippen LogP contribution in [0.1, 0.15) is 90.9 Å². The minimum Gasteiger partial charge on any atom is -0.748 e. The Morgan fingerprint density at radius 1 is 0.818 bits per heavy atom. The minimum atomic E-state index is -4.40. The molecule has 0 radical (unpaired) electrons. The third-order valence-electron chi connectivity index (χ3n) is 4.00. The second-order valence-corrected chi connectivity index (χ2v) is 7.60. The fourth-order valence-corrected chi connectivity index (χ4v) is 3.58. The molecule has 0 aliphatic carbocycles. The van der Waals surface area contributed by atoms with Crippen molar-refractivity contribution in [2.75, 3.05) is 0 Å². The molecule has 0 saturated carbocycles. The molecule has 0 saturated heterocycles. The van der Waals surface area contributed by atoms with E-state index >= 15 is 0 Å². The molecule has 0 bridgehead atoms. The molecule has 0 aliphatic heterocycles. The molecule has 0 aromatic carbocycles. The van der Waals surface area contributed by atoms with Gasteiger partial charge in [0.1, 0.15) is 10.1 Å². The predicted octanol–water partition coefficient (Wildman–Crippen LogP) is 0.986. The van der Waals surface area contributed by atoms with E-state index in [2.05, 4.69) is 6.92 Å². The molecule has 0 amide bonds. The first-order valence-electron chi connectivity index (χ1n) is 8.56. The van der Waals surface area contributed by atoms with Crippen LogP contribution in [-0.2, 0) is 10.1 Å². The molecule has 128 valence electrons. The van der Waals surface area contributed by atoms with Crippen LogP contribution in [-0.4, -0.2) is 29.4 Å². The van der Waals surface area contributed by atoms with Crippen LogP contribution in [0.4, 0.5) is 0 Å². The van der Waals surface area contributed by atoms with Crippen molar-refractivity contribution in [2.24, 2.45) is 0 Å². The van der Waals surface area contributed by atoms with Crippen molar-refractivity contribution in [3.63, 3.8) is 0 Å². The van der Waals surface area contributed by atoms with Gasteiger partial charge in [-0.05, 0) is 12.8 Å². The maximum atomic E-state index is 11.3. The average Bonchev–Trinajstić information content (AvgIpc) is 2.41. The van der Waals surface area contributed by atoms with Gasteiger partial charge in [0.2, 0.25) is 0 Å². The quantitative estimate of drug-likeness (QED) is 0.285. The van der Waals surface area contributed by atoms with E-state index in [4.69, 9.17) is 0 Å². The van der Waals surface area contributed by atoms with E-state index in [0.717, 1.165) is 25.7 Å². The zero-order valence-corrected chi connectivity index (χ0v) is 18.7. The average molecular weight is 361 g/mol. The zero-order chi connectivity index (χ0) is 16.1. The third kappa shape index (κ3) is 13.9. The summed E-state index contributed by atoms with van der Waals surface area (Å²) < 4.78 is 33.8. The fourth-order valence-electron chi connectivity index (χ4n) is 2.61. The molecule has 4 nitrogen and oxygen atoms in total. The largest absolute Gasteiger partial charge is 1.00 e. The van der Waals surface area contributed by atoms with Gasteiger partial charge in [0, 0.05) is 0 Å². The normalized spacial score (nSPS) is 14.4. The minimum absolute atomic E-state index is 0. The summed E-state index contributed by atoms with van der Waals surface area (Å²) in [5.41, 5.74) is 0. The molecule has 1 N–H and O–H groups in total. The number of hydrogen-bond acceptors (Lipinski definition) is 4. The van der Waals surface area contributed by atoms with E-state index in [1.807, 2.05) is 6.92 Å². The molecule has 0 aromatic heterocycles. The first-order valence-corrected chi connectivity index (χ1v) is 10.0. The Morgan fingerprint density at radius 3 is 1.73 bits per heavy atom. The van der Waals surface area contributed by atoms with Crippen molar-refractivity contribution in [2.45, 2.75) is 102 Å². The summed E-state index contributed by atoms with van der Waals surface area (Å²) in [4.78, 5) is 0. The Bertz CT molecular complexity index is 333. The van der Waals surface area contributed by atoms with Gasteiger partial charge in [-0.1, -0.05) is 78.1 Å². The second-order valence-electron chi connectivity index (χ2n) is 6.00. The number of hydrogen-bond donors (Lipinski definition) is 1. The van der Waals surface area contributed by atoms with E-state index in [-0.39, 0.29) is 51.4 Å². The van der Waals surface area contributed by atoms with E-state index < -0.39 is 21.5 Å². The first kappa shape index (κ1) is 25.7. The summed E-state index contributed by atoms with van der Waals surface area (Å²) in [7, 11) is -4.40. The van der Waals surface area contributed by atoms with Crippen molar-refractivity contribution < 1.29 is 69.5 Å². The van der Waals surface area contributed by atoms with Gasteiger partial charge < -0.3 is 9.66 Å². The monoisotopic (exact) mass is 360 g/mol. The Morgan fingerprint density at radius 2 is 1.27 bits per heavy atom. The van der Waals surface area contributed by atoms with Gasteiger partial charge in [0.25, 0.3) is 0 Å². The number of aliphatic hydroxyl groups excluding tert-OH is 1. The molecule has 0 aliphatic rings. The molecule has 6 heteroatoms. The Kier molecular flexibility index (Phi) is 18.7. The van der Waals surface area contributed by atoms with Crippen LogP contribution in [0, 0.1) is 0 Å². The maximum absolute atomic E-state index is 11.3. The summed E-state index contributed by atoms with van der Waals surface area (Å²) in [5.74, 6) is 0. The summed E-state index contributed by atoms with van der Waals surface area (Å²) in [6.45, 7) is 4.17. The summed E-state index contributed by atoms with van der Waals surface area (Å²) in [6.07, 6.45) is 10.3. The molecule has 2 unspecified atom stereocenters. The molecule has 0 spiro atoms. The fraction of sp³-hybridized carbons (Fsp3) is 1.00. The summed E-state index contributed by atoms with van der Waals surface area (Å²) in [6, 6.07) is 0. The molecular weight excluding hydrogens is 327 g/mol. The molecule has 0 rings (SSSR count). The van der Waals surface area contributed by atoms with Crippen molar-refractivity contribution in [1.82, 2.24) is 0 Å². The van der Waals surface area contributed by atoms with Gasteiger partial charge in [-0.15, -0.1) is 0 Å². The SMILES string of the molecule is CCCCCCCCCCC(C(O)CCCC)S(=O)(=O)[O-].[K+]. The van der Waals surface area contributed by atoms with Crippen LogP contribution >= 0.6 is 0 Å². The maximum Gasteiger partial charge on any atom is 1.00 e. The number of rotatable bonds is 14. The third-order valence-corrected chi connectivity index (χ3v) is 5.29. The molecule has 0 fully saturated rings. The second kappa shape index (κ2) is 16.0. The van der Waals surface area contributed by atoms with Crippen LogP contribution in [0.25, 0.3) is 0 Å². The molecule has 0 aromatic rings. The molecule has 22 heavy (non-hydrogen) atoms. The van der Waals surface area contributed by atoms with Crippen LogP contribution < -0.4 is 51.4 Å². The van der Waals surface area contributed by atoms with Crippen LogP contribution in [0.5, 0.6) is 0 Å². The van der Waals surface area contributed by atoms with Gasteiger partial charge >= 0.3 is 51.4 Å². The Labute approximate surface area is 180 Å². The van der Waals surface area contributed by atoms with E-state index in [0.29, 0.717) is 19.3 Å². The van der Waals surface area contributed by atoms with Crippen molar-refractivity contribution in [1.29, 1.82) is 0 Å². The standard InChI is InChI=1S/C16H34O4S.K/c1-3-5-7-8-9-10-11-12-14-16(21(18,19)20)15(17)13-6-4-2;/h15-17H,3-14H2,1-2H3,(H,18,19,20);/q;+1/p-1. The van der Waals surface area contributed by atoms with Gasteiger partial charge in [0.15, 0.2) is 0 Å². The van der Waals surface area contributed by atoms with Crippen molar-refractivity contribution in [3.8, 4) is 0 Å². The van der Waals surface area contributed by atoms with Crippen LogP contribution in [0.3, 0.4) is 0 Å². The first-order chi connectivity index (χ1) is 9.93. The van der Waals surface area contributed by atoms with Crippen molar-refractivity contribution >= 4 is 10.1 Å². The van der Waals surface area contributed by atoms with Gasteiger partial charge in [-0.3, -0.25) is 0 Å². The molecule has 0 heterocycles. The zero-order valence-electron chi connectivity index (χ0n) is 14.7. The molecular formula is C16H33KO4S. The topological polar surface area (TPSA) is 77.4 Å². The summed E-state index contributed by atoms with van der Waals surface area (Å²) in [5, 5.41) is 8.78. The number of aliphatic hydroxyl groups is 1.